The molecular weight excluding hydrogens is 164 g/mol. The molecule has 0 radical (unpaired) electrons. The SMILES string of the molecule is CC.CCCOc1cc(C)ncn1. The van der Waals surface area contributed by atoms with E-state index in [1.807, 2.05) is 26.8 Å². The van der Waals surface area contributed by atoms with Gasteiger partial charge in [-0.1, -0.05) is 20.8 Å². The average molecular weight is 182 g/mol. The van der Waals surface area contributed by atoms with Crippen molar-refractivity contribution in [1.29, 1.82) is 0 Å². The minimum absolute atomic E-state index is 0.666. The van der Waals surface area contributed by atoms with Crippen molar-refractivity contribution in [3.63, 3.8) is 0 Å². The third-order valence-corrected chi connectivity index (χ3v) is 1.23. The van der Waals surface area contributed by atoms with E-state index in [0.29, 0.717) is 5.88 Å². The van der Waals surface area contributed by atoms with E-state index in [1.165, 1.54) is 6.33 Å². The predicted octanol–water partition coefficient (Wildman–Crippen LogP) is 2.60. The summed E-state index contributed by atoms with van der Waals surface area (Å²) < 4.78 is 5.28. The van der Waals surface area contributed by atoms with Crippen LogP contribution in [0.2, 0.25) is 0 Å². The van der Waals surface area contributed by atoms with Gasteiger partial charge in [-0.15, -0.1) is 0 Å². The molecule has 13 heavy (non-hydrogen) atoms. The van der Waals surface area contributed by atoms with E-state index >= 15 is 0 Å². The zero-order chi connectivity index (χ0) is 10.1. The van der Waals surface area contributed by atoms with Crippen molar-refractivity contribution in [3.8, 4) is 5.88 Å². The number of hydrogen-bond donors (Lipinski definition) is 0. The molecule has 0 saturated heterocycles. The van der Waals surface area contributed by atoms with Gasteiger partial charge in [-0.2, -0.15) is 0 Å². The Labute approximate surface area is 80.2 Å². The van der Waals surface area contributed by atoms with Crippen LogP contribution < -0.4 is 4.74 Å². The van der Waals surface area contributed by atoms with Crippen molar-refractivity contribution in [2.45, 2.75) is 34.1 Å². The van der Waals surface area contributed by atoms with Gasteiger partial charge in [0.2, 0.25) is 5.88 Å². The molecule has 3 nitrogen and oxygen atoms in total. The second kappa shape index (κ2) is 7.53. The summed E-state index contributed by atoms with van der Waals surface area (Å²) in [4.78, 5) is 7.90. The van der Waals surface area contributed by atoms with Gasteiger partial charge in [-0.25, -0.2) is 9.97 Å². The summed E-state index contributed by atoms with van der Waals surface area (Å²) in [7, 11) is 0. The smallest absolute Gasteiger partial charge is 0.216 e. The van der Waals surface area contributed by atoms with Gasteiger partial charge in [0.15, 0.2) is 0 Å². The first-order valence-electron chi connectivity index (χ1n) is 4.74. The minimum Gasteiger partial charge on any atom is -0.478 e. The van der Waals surface area contributed by atoms with Crippen LogP contribution in [0.4, 0.5) is 0 Å². The summed E-state index contributed by atoms with van der Waals surface area (Å²) in [6.45, 7) is 8.70. The molecule has 1 rings (SSSR count). The molecule has 0 unspecified atom stereocenters. The lowest BCUT2D eigenvalue weighted by Gasteiger charge is -2.01. The predicted molar refractivity (Wildman–Crippen MR) is 53.9 cm³/mol. The zero-order valence-electron chi connectivity index (χ0n) is 8.87. The summed E-state index contributed by atoms with van der Waals surface area (Å²) in [5.74, 6) is 0.666. The lowest BCUT2D eigenvalue weighted by molar-refractivity contribution is 0.304. The third-order valence-electron chi connectivity index (χ3n) is 1.23. The van der Waals surface area contributed by atoms with Gasteiger partial charge in [-0.05, 0) is 13.3 Å². The highest BCUT2D eigenvalue weighted by Crippen LogP contribution is 2.05. The highest BCUT2D eigenvalue weighted by Gasteiger charge is 1.93. The summed E-state index contributed by atoms with van der Waals surface area (Å²) in [5.41, 5.74) is 0.936. The molecule has 0 spiro atoms. The molecule has 0 aromatic carbocycles. The van der Waals surface area contributed by atoms with Crippen molar-refractivity contribution in [3.05, 3.63) is 18.1 Å². The topological polar surface area (TPSA) is 35.0 Å². The first-order chi connectivity index (χ1) is 6.33. The normalized spacial score (nSPS) is 8.62. The van der Waals surface area contributed by atoms with E-state index in [4.69, 9.17) is 4.74 Å². The van der Waals surface area contributed by atoms with E-state index < -0.39 is 0 Å². The highest BCUT2D eigenvalue weighted by molar-refractivity contribution is 5.11. The van der Waals surface area contributed by atoms with Crippen molar-refractivity contribution in [2.24, 2.45) is 0 Å². The molecule has 1 aromatic heterocycles. The standard InChI is InChI=1S/C8H12N2O.C2H6/c1-3-4-11-8-5-7(2)9-6-10-8;1-2/h5-6H,3-4H2,1-2H3;1-2H3. The fourth-order valence-corrected chi connectivity index (χ4v) is 0.716. The largest absolute Gasteiger partial charge is 0.478 e. The van der Waals surface area contributed by atoms with Gasteiger partial charge in [0.1, 0.15) is 6.33 Å². The van der Waals surface area contributed by atoms with E-state index in [2.05, 4.69) is 16.9 Å². The summed E-state index contributed by atoms with van der Waals surface area (Å²) in [6, 6.07) is 1.83. The molecule has 0 aliphatic heterocycles. The molecule has 74 valence electrons. The van der Waals surface area contributed by atoms with Crippen LogP contribution in [0.1, 0.15) is 32.9 Å². The van der Waals surface area contributed by atoms with E-state index in [9.17, 15) is 0 Å². The maximum absolute atomic E-state index is 5.28. The number of nitrogens with zero attached hydrogens (tertiary/aromatic N) is 2. The zero-order valence-corrected chi connectivity index (χ0v) is 8.87. The molecule has 0 atom stereocenters. The second-order valence-corrected chi connectivity index (χ2v) is 2.35. The van der Waals surface area contributed by atoms with E-state index in [0.717, 1.165) is 18.7 Å². The van der Waals surface area contributed by atoms with Crippen molar-refractivity contribution >= 4 is 0 Å². The lowest BCUT2D eigenvalue weighted by Crippen LogP contribution is -1.97. The molecular formula is C10H18N2O. The van der Waals surface area contributed by atoms with Gasteiger partial charge < -0.3 is 4.74 Å². The maximum atomic E-state index is 5.28. The Bertz CT molecular complexity index is 226. The van der Waals surface area contributed by atoms with Gasteiger partial charge in [0.25, 0.3) is 0 Å². The number of aryl methyl sites for hydroxylation is 1. The third kappa shape index (κ3) is 5.17. The number of hydrogen-bond acceptors (Lipinski definition) is 3. The van der Waals surface area contributed by atoms with Gasteiger partial charge in [0, 0.05) is 11.8 Å². The molecule has 0 saturated carbocycles. The van der Waals surface area contributed by atoms with Crippen LogP contribution in [-0.2, 0) is 0 Å². The monoisotopic (exact) mass is 182 g/mol. The van der Waals surface area contributed by atoms with Crippen LogP contribution in [0.15, 0.2) is 12.4 Å². The Morgan fingerprint density at radius 2 is 2.00 bits per heavy atom. The van der Waals surface area contributed by atoms with Crippen molar-refractivity contribution in [2.75, 3.05) is 6.61 Å². The van der Waals surface area contributed by atoms with Crippen LogP contribution in [0, 0.1) is 6.92 Å². The van der Waals surface area contributed by atoms with Gasteiger partial charge in [0.05, 0.1) is 6.61 Å². The molecule has 3 heteroatoms. The molecule has 0 bridgehead atoms. The molecule has 1 heterocycles. The molecule has 0 aliphatic rings. The fraction of sp³-hybridized carbons (Fsp3) is 0.600. The molecule has 0 aliphatic carbocycles. The summed E-state index contributed by atoms with van der Waals surface area (Å²) in [6.07, 6.45) is 2.52. The first kappa shape index (κ1) is 11.9. The number of ether oxygens (including phenoxy) is 1. The number of rotatable bonds is 3. The minimum atomic E-state index is 0.666. The highest BCUT2D eigenvalue weighted by atomic mass is 16.5. The van der Waals surface area contributed by atoms with Crippen LogP contribution in [0.3, 0.4) is 0 Å². The van der Waals surface area contributed by atoms with Crippen LogP contribution in [0.5, 0.6) is 5.88 Å². The molecule has 0 fully saturated rings. The molecule has 0 N–H and O–H groups in total. The molecule has 0 amide bonds. The number of aromatic nitrogens is 2. The van der Waals surface area contributed by atoms with Gasteiger partial charge >= 0.3 is 0 Å². The van der Waals surface area contributed by atoms with Crippen LogP contribution in [-0.4, -0.2) is 16.6 Å². The summed E-state index contributed by atoms with van der Waals surface area (Å²) in [5, 5.41) is 0. The van der Waals surface area contributed by atoms with Crippen molar-refractivity contribution in [1.82, 2.24) is 9.97 Å². The fourth-order valence-electron chi connectivity index (χ4n) is 0.716. The van der Waals surface area contributed by atoms with E-state index in [1.54, 1.807) is 0 Å². The van der Waals surface area contributed by atoms with Crippen LogP contribution in [0.25, 0.3) is 0 Å². The Hall–Kier alpha value is -1.12. The lowest BCUT2D eigenvalue weighted by atomic mass is 10.4. The van der Waals surface area contributed by atoms with Crippen molar-refractivity contribution < 1.29 is 4.74 Å². The first-order valence-corrected chi connectivity index (χ1v) is 4.74. The quantitative estimate of drug-likeness (QED) is 0.720. The van der Waals surface area contributed by atoms with Crippen LogP contribution >= 0.6 is 0 Å². The Morgan fingerprint density at radius 1 is 1.31 bits per heavy atom. The second-order valence-electron chi connectivity index (χ2n) is 2.35. The van der Waals surface area contributed by atoms with Gasteiger partial charge in [-0.3, -0.25) is 0 Å². The van der Waals surface area contributed by atoms with E-state index in [-0.39, 0.29) is 0 Å². The maximum Gasteiger partial charge on any atom is 0.216 e. The Kier molecular flexibility index (Phi) is 6.88. The molecule has 1 aromatic rings. The summed E-state index contributed by atoms with van der Waals surface area (Å²) >= 11 is 0. The average Bonchev–Trinajstić information content (AvgIpc) is 2.18. The Morgan fingerprint density at radius 3 is 2.54 bits per heavy atom. The Balaban J connectivity index is 0.000000671.